The molecule has 0 saturated heterocycles. The lowest BCUT2D eigenvalue weighted by atomic mass is 10.2. The molecule has 14 heavy (non-hydrogen) atoms. The van der Waals surface area contributed by atoms with E-state index in [2.05, 4.69) is 9.97 Å². The molecule has 0 aliphatic heterocycles. The summed E-state index contributed by atoms with van der Waals surface area (Å²) in [4.78, 5) is 17.8. The van der Waals surface area contributed by atoms with Gasteiger partial charge in [0.1, 0.15) is 11.4 Å². The number of nitrogens with one attached hydrogen (secondary N) is 1. The van der Waals surface area contributed by atoms with Crippen LogP contribution in [-0.2, 0) is 4.74 Å². The molecule has 0 aliphatic rings. The number of rotatable bonds is 1. The molecule has 0 atom stereocenters. The minimum Gasteiger partial charge on any atom is -0.428 e. The van der Waals surface area contributed by atoms with Gasteiger partial charge in [0, 0.05) is 0 Å². The molecule has 0 amide bonds. The Balaban J connectivity index is 2.50. The summed E-state index contributed by atoms with van der Waals surface area (Å²) in [7, 11) is 0. The Hall–Kier alpha value is -1.52. The van der Waals surface area contributed by atoms with Gasteiger partial charge in [-0.1, -0.05) is 0 Å². The highest BCUT2D eigenvalue weighted by Crippen LogP contribution is 2.11. The van der Waals surface area contributed by atoms with Crippen LogP contribution in [-0.4, -0.2) is 21.7 Å². The predicted octanol–water partition coefficient (Wildman–Crippen LogP) is 2.03. The lowest BCUT2D eigenvalue weighted by Crippen LogP contribution is -2.26. The van der Waals surface area contributed by atoms with Gasteiger partial charge < -0.3 is 14.5 Å². The fourth-order valence-electron chi connectivity index (χ4n) is 0.811. The topological polar surface area (TPSA) is 64.2 Å². The first-order valence-electron chi connectivity index (χ1n) is 4.29. The molecule has 0 bridgehead atoms. The van der Waals surface area contributed by atoms with Crippen molar-refractivity contribution in [1.82, 2.24) is 9.97 Å². The number of hydrogen-bond acceptors (Lipinski definition) is 4. The van der Waals surface area contributed by atoms with Crippen molar-refractivity contribution in [1.29, 1.82) is 0 Å². The molecule has 1 aromatic rings. The van der Waals surface area contributed by atoms with E-state index in [-0.39, 0.29) is 5.88 Å². The smallest absolute Gasteiger partial charge is 0.428 e. The number of hydrogen-bond donors (Lipinski definition) is 1. The number of aromatic amines is 1. The van der Waals surface area contributed by atoms with Crippen molar-refractivity contribution in [3.05, 3.63) is 12.0 Å². The number of nitrogens with zero attached hydrogens (tertiary/aromatic N) is 1. The van der Waals surface area contributed by atoms with Crippen LogP contribution >= 0.6 is 0 Å². The largest absolute Gasteiger partial charge is 0.515 e. The number of aromatic nitrogens is 2. The summed E-state index contributed by atoms with van der Waals surface area (Å²) in [5.41, 5.74) is -0.549. The average molecular weight is 198 g/mol. The molecule has 1 heterocycles. The van der Waals surface area contributed by atoms with Gasteiger partial charge in [-0.25, -0.2) is 9.78 Å². The van der Waals surface area contributed by atoms with Crippen LogP contribution in [0.3, 0.4) is 0 Å². The standard InChI is InChI=1S/C9H14N2O3/c1-6-10-5-7(11-6)13-8(12)14-9(2,3)4/h5H,1-4H3,(H,10,11). The summed E-state index contributed by atoms with van der Waals surface area (Å²) in [6, 6.07) is 0. The average Bonchev–Trinajstić information content (AvgIpc) is 2.30. The Morgan fingerprint density at radius 1 is 1.50 bits per heavy atom. The van der Waals surface area contributed by atoms with Crippen molar-refractivity contribution in [2.45, 2.75) is 33.3 Å². The van der Waals surface area contributed by atoms with E-state index in [0.717, 1.165) is 0 Å². The first-order valence-corrected chi connectivity index (χ1v) is 4.29. The molecule has 0 aromatic carbocycles. The maximum Gasteiger partial charge on any atom is 0.515 e. The third-order valence-electron chi connectivity index (χ3n) is 1.26. The number of carbonyl (C=O) groups is 1. The fraction of sp³-hybridized carbons (Fsp3) is 0.556. The Bertz CT molecular complexity index is 325. The molecule has 0 radical (unpaired) electrons. The first-order chi connectivity index (χ1) is 6.37. The lowest BCUT2D eigenvalue weighted by Gasteiger charge is -2.17. The molecular weight excluding hydrogens is 184 g/mol. The van der Waals surface area contributed by atoms with Crippen LogP contribution in [0.4, 0.5) is 4.79 Å². The highest BCUT2D eigenvalue weighted by molar-refractivity contribution is 5.63. The van der Waals surface area contributed by atoms with Crippen LogP contribution in [0.15, 0.2) is 6.20 Å². The predicted molar refractivity (Wildman–Crippen MR) is 50.2 cm³/mol. The Labute approximate surface area is 82.4 Å². The van der Waals surface area contributed by atoms with Gasteiger partial charge in [0.05, 0.1) is 6.20 Å². The summed E-state index contributed by atoms with van der Waals surface area (Å²) < 4.78 is 9.77. The Morgan fingerprint density at radius 3 is 2.57 bits per heavy atom. The van der Waals surface area contributed by atoms with Gasteiger partial charge in [0.15, 0.2) is 0 Å². The molecule has 1 aromatic heterocycles. The number of aryl methyl sites for hydroxylation is 1. The summed E-state index contributed by atoms with van der Waals surface area (Å²) in [5.74, 6) is 0.973. The second-order valence-electron chi connectivity index (χ2n) is 3.90. The van der Waals surface area contributed by atoms with Crippen LogP contribution in [0.25, 0.3) is 0 Å². The molecule has 1 N–H and O–H groups in total. The lowest BCUT2D eigenvalue weighted by molar-refractivity contribution is 0.0198. The number of imidazole rings is 1. The minimum atomic E-state index is -0.735. The molecule has 5 nitrogen and oxygen atoms in total. The Kier molecular flexibility index (Phi) is 2.78. The Morgan fingerprint density at radius 2 is 2.14 bits per heavy atom. The van der Waals surface area contributed by atoms with Gasteiger partial charge >= 0.3 is 6.16 Å². The van der Waals surface area contributed by atoms with Crippen molar-refractivity contribution in [3.63, 3.8) is 0 Å². The summed E-state index contributed by atoms with van der Waals surface area (Å²) >= 11 is 0. The van der Waals surface area contributed by atoms with Crippen LogP contribution in [0.5, 0.6) is 5.88 Å². The van der Waals surface area contributed by atoms with Crippen LogP contribution in [0.2, 0.25) is 0 Å². The molecule has 0 fully saturated rings. The van der Waals surface area contributed by atoms with Gasteiger partial charge in [-0.15, -0.1) is 0 Å². The zero-order chi connectivity index (χ0) is 10.8. The van der Waals surface area contributed by atoms with Gasteiger partial charge in [-0.2, -0.15) is 0 Å². The van der Waals surface area contributed by atoms with E-state index in [4.69, 9.17) is 9.47 Å². The van der Waals surface area contributed by atoms with Crippen molar-refractivity contribution in [3.8, 4) is 5.88 Å². The van der Waals surface area contributed by atoms with Gasteiger partial charge in [0.2, 0.25) is 5.88 Å². The third kappa shape index (κ3) is 3.47. The molecular formula is C9H14N2O3. The van der Waals surface area contributed by atoms with E-state index >= 15 is 0 Å². The molecule has 5 heteroatoms. The summed E-state index contributed by atoms with van der Waals surface area (Å²) in [6.45, 7) is 7.08. The summed E-state index contributed by atoms with van der Waals surface area (Å²) in [6.07, 6.45) is 0.695. The summed E-state index contributed by atoms with van der Waals surface area (Å²) in [5, 5.41) is 0. The SMILES string of the molecule is Cc1ncc(OC(=O)OC(C)(C)C)[nH]1. The van der Waals surface area contributed by atoms with Gasteiger partial charge in [0.25, 0.3) is 0 Å². The van der Waals surface area contributed by atoms with Crippen LogP contribution < -0.4 is 4.74 Å². The van der Waals surface area contributed by atoms with Crippen LogP contribution in [0, 0.1) is 6.92 Å². The maximum absolute atomic E-state index is 11.1. The van der Waals surface area contributed by atoms with Crippen LogP contribution in [0.1, 0.15) is 26.6 Å². The first kappa shape index (κ1) is 10.6. The monoisotopic (exact) mass is 198 g/mol. The molecule has 0 unspecified atom stereocenters. The third-order valence-corrected chi connectivity index (χ3v) is 1.26. The van der Waals surface area contributed by atoms with E-state index in [1.165, 1.54) is 6.20 Å². The second-order valence-corrected chi connectivity index (χ2v) is 3.90. The fourth-order valence-corrected chi connectivity index (χ4v) is 0.811. The van der Waals surface area contributed by atoms with E-state index in [9.17, 15) is 4.79 Å². The zero-order valence-electron chi connectivity index (χ0n) is 8.75. The van der Waals surface area contributed by atoms with E-state index in [1.54, 1.807) is 27.7 Å². The molecule has 78 valence electrons. The normalized spacial score (nSPS) is 11.1. The van der Waals surface area contributed by atoms with Gasteiger partial charge in [-0.05, 0) is 27.7 Å². The highest BCUT2D eigenvalue weighted by atomic mass is 16.7. The molecule has 0 aliphatic carbocycles. The number of H-pyrrole nitrogens is 1. The number of carbonyl (C=O) groups excluding carboxylic acids is 1. The van der Waals surface area contributed by atoms with Crippen molar-refractivity contribution < 1.29 is 14.3 Å². The van der Waals surface area contributed by atoms with E-state index in [0.29, 0.717) is 5.82 Å². The number of ether oxygens (including phenoxy) is 2. The van der Waals surface area contributed by atoms with E-state index < -0.39 is 11.8 Å². The highest BCUT2D eigenvalue weighted by Gasteiger charge is 2.18. The minimum absolute atomic E-state index is 0.289. The van der Waals surface area contributed by atoms with E-state index in [1.807, 2.05) is 0 Å². The second kappa shape index (κ2) is 3.69. The molecule has 1 rings (SSSR count). The van der Waals surface area contributed by atoms with Crippen molar-refractivity contribution in [2.75, 3.05) is 0 Å². The quantitative estimate of drug-likeness (QED) is 0.701. The zero-order valence-corrected chi connectivity index (χ0v) is 8.75. The van der Waals surface area contributed by atoms with Crippen molar-refractivity contribution in [2.24, 2.45) is 0 Å². The maximum atomic E-state index is 11.1. The molecule has 0 spiro atoms. The van der Waals surface area contributed by atoms with Crippen molar-refractivity contribution >= 4 is 6.16 Å². The van der Waals surface area contributed by atoms with Gasteiger partial charge in [-0.3, -0.25) is 0 Å². The molecule has 0 saturated carbocycles.